The number of nitrogens with zero attached hydrogens (tertiary/aromatic N) is 17. The standard InChI is InChI=1S/C27H29N5O2.C25H36FN5O2.C24H23ClN4O.C23H22ClN5O.C17H17N5O/c1-18(33)31-12-10-19(11-13-31)17-32-25(34)27(2,30-26(32)28)22-8-5-7-20(14-22)24-16-29-15-21-6-3-4-9-23(21)24;1-31-23(33)25(30-24(31)27,12-10-17-6-3-2-4-7-17)16-18-8-5-9-20(14-18)29-22(32)19-11-13-28-21(26)15-19;1-28-12-4-9-21(28)15-29-22(30)24(18-10-11-18,27-23(29)26)19-7-2-5-16(13-19)17-6-3-8-20(25)14-17;24-19-6-2-4-16(12-19)15-3-1-5-18(11-15)23(17-7-8-17)21(30)29(22(25)28-23)10-9-20-13-26-14-27-20;1-22-15(23)17(13-5-6-13,21-16(22)18)14-4-2-3-11(7-14)12-8-19-10-20-9-12/h3-9,14-16,19H,10-13,17H2,1-2H3,(H2,28,30);11,13,15,17-18,20H,2-10,12,14,16H2,1H3,(H2,27,30)(H,29,32);2-9,12-14,18H,10-11,15H2,1H3,(H2,26,27);1-6,11-14,17H,7-10H2,(H2,25,28)(H,26,27);2-4,7-10,13H,5-6H2,1H3,(H2,18,21)/t;18-,20+,25+;;;/m.0.../s1. The molecule has 1 saturated heterocycles. The number of halogens is 3. The van der Waals surface area contributed by atoms with Gasteiger partial charge in [-0.15, -0.1) is 0 Å². The SMILES string of the molecule is CC(=O)N1CCC(CN2C(=O)C(C)(c3cccc(-c4cncc5ccccc45)c3)N=C2N)CC1.CN1C(=O)C(c2cccc(-c3cncnc3)c2)(C2CC2)N=C1N.CN1C(=O)[C@@](CCC2CCCCC2)(C[C@H]2CCC[C@@H](NC(=O)c3ccnc(F)c3)C2)N=C1N.Cn1cccc1CN1C(=O)C(c2cccc(-c3cccc(Cl)c3)c2)(C2CC2)N=C1N.NC1=NC(c2cccc(-c3cccc(Cl)c3)c2)(C2CC2)C(=O)N1CCc1cnc[nH]1. The quantitative estimate of drug-likeness (QED) is 0.0261. The number of fused-ring (bicyclic) bond motifs is 1. The average Bonchev–Trinajstić information content (AvgIpc) is 1.60. The zero-order valence-corrected chi connectivity index (χ0v) is 86.6. The van der Waals surface area contributed by atoms with Crippen molar-refractivity contribution < 1.29 is 38.0 Å². The maximum Gasteiger partial charge on any atom is 0.262 e. The second-order valence-corrected chi connectivity index (χ2v) is 42.5. The summed E-state index contributed by atoms with van der Waals surface area (Å²) in [7, 11) is 5.35. The van der Waals surface area contributed by atoms with Gasteiger partial charge in [0.25, 0.3) is 35.4 Å². The molecule has 4 unspecified atom stereocenters. The minimum Gasteiger partial charge on any atom is -0.369 e. The Kier molecular flexibility index (Phi) is 30.3. The van der Waals surface area contributed by atoms with E-state index in [0.717, 1.165) is 198 Å². The van der Waals surface area contributed by atoms with Crippen LogP contribution in [-0.4, -0.2) is 187 Å². The molecule has 11 heterocycles. The number of hydrogen-bond acceptors (Lipinski definition) is 22. The Morgan fingerprint density at radius 2 is 1.02 bits per heavy atom. The van der Waals surface area contributed by atoms with Crippen LogP contribution in [0.4, 0.5) is 4.39 Å². The van der Waals surface area contributed by atoms with Gasteiger partial charge in [-0.2, -0.15) is 4.39 Å². The first kappa shape index (κ1) is 103. The number of aromatic nitrogens is 7. The number of rotatable bonds is 25. The summed E-state index contributed by atoms with van der Waals surface area (Å²) in [4.78, 5) is 148. The molecule has 5 aliphatic carbocycles. The number of amides is 7. The van der Waals surface area contributed by atoms with Crippen LogP contribution >= 0.6 is 23.2 Å². The maximum absolute atomic E-state index is 13.8. The van der Waals surface area contributed by atoms with Crippen molar-refractivity contribution in [3.63, 3.8) is 0 Å². The molecule has 23 rings (SSSR count). The molecule has 0 bridgehead atoms. The Labute approximate surface area is 882 Å². The number of aliphatic imine (C=N–C) groups is 5. The molecular formula is C116H127Cl2FN24O7. The molecule has 6 fully saturated rings. The second kappa shape index (κ2) is 43.9. The van der Waals surface area contributed by atoms with E-state index in [1.807, 2.05) is 206 Å². The average molecular weight is 2060 g/mol. The van der Waals surface area contributed by atoms with Crippen LogP contribution in [0, 0.1) is 41.5 Å². The Balaban J connectivity index is 0.000000118. The number of likely N-dealkylation sites (tertiary alicyclic amines) is 1. The summed E-state index contributed by atoms with van der Waals surface area (Å²) in [6, 6.07) is 62.2. The number of piperidine rings is 1. The minimum absolute atomic E-state index is 0.00145. The molecule has 0 radical (unpaired) electrons. The number of aryl methyl sites for hydroxylation is 1. The van der Waals surface area contributed by atoms with Gasteiger partial charge in [0, 0.05) is 160 Å². The van der Waals surface area contributed by atoms with Crippen LogP contribution in [0.5, 0.6) is 0 Å². The molecule has 5 saturated carbocycles. The highest BCUT2D eigenvalue weighted by atomic mass is 35.5. The third kappa shape index (κ3) is 21.6. The van der Waals surface area contributed by atoms with Gasteiger partial charge in [0.1, 0.15) is 11.9 Å². The van der Waals surface area contributed by atoms with E-state index in [4.69, 9.17) is 66.8 Å². The Morgan fingerprint density at radius 3 is 1.58 bits per heavy atom. The minimum atomic E-state index is -1.07. The van der Waals surface area contributed by atoms with E-state index in [2.05, 4.69) is 63.4 Å². The van der Waals surface area contributed by atoms with Gasteiger partial charge < -0.3 is 48.4 Å². The van der Waals surface area contributed by atoms with E-state index in [9.17, 15) is 38.0 Å². The molecule has 0 spiro atoms. The monoisotopic (exact) mass is 2060 g/mol. The fourth-order valence-corrected chi connectivity index (χ4v) is 23.3. The molecule has 774 valence electrons. The number of H-pyrrole nitrogens is 1. The predicted molar refractivity (Wildman–Crippen MR) is 580 cm³/mol. The van der Waals surface area contributed by atoms with E-state index in [1.165, 1.54) is 60.5 Å². The molecular weight excluding hydrogens is 1930 g/mol. The van der Waals surface area contributed by atoms with Gasteiger partial charge in [0.05, 0.1) is 12.9 Å². The lowest BCUT2D eigenvalue weighted by atomic mass is 9.74. The largest absolute Gasteiger partial charge is 0.369 e. The smallest absolute Gasteiger partial charge is 0.262 e. The van der Waals surface area contributed by atoms with Crippen molar-refractivity contribution in [2.45, 2.75) is 189 Å². The van der Waals surface area contributed by atoms with Crippen LogP contribution in [-0.2, 0) is 70.9 Å². The number of hydrogen-bond donors (Lipinski definition) is 7. The summed E-state index contributed by atoms with van der Waals surface area (Å²) >= 11 is 12.4. The van der Waals surface area contributed by atoms with Gasteiger partial charge >= 0.3 is 0 Å². The Bertz CT molecular complexity index is 7230. The van der Waals surface area contributed by atoms with Crippen molar-refractivity contribution >= 4 is 105 Å². The Morgan fingerprint density at radius 1 is 0.480 bits per heavy atom. The number of nitrogens with two attached hydrogens (primary N) is 5. The van der Waals surface area contributed by atoms with Crippen LogP contribution in [0.3, 0.4) is 0 Å². The number of nitrogens with one attached hydrogen (secondary N) is 2. The van der Waals surface area contributed by atoms with Gasteiger partial charge in [-0.25, -0.2) is 44.9 Å². The number of likely N-dealkylation sites (N-methyl/N-ethyl adjacent to an activating group) is 2. The topological polar surface area (TPSA) is 428 Å². The van der Waals surface area contributed by atoms with Crippen LogP contribution in [0.1, 0.15) is 186 Å². The predicted octanol–water partition coefficient (Wildman–Crippen LogP) is 16.9. The van der Waals surface area contributed by atoms with Gasteiger partial charge in [-0.1, -0.05) is 189 Å². The molecule has 150 heavy (non-hydrogen) atoms. The number of carbonyl (C=O) groups excluding carboxylic acids is 7. The second-order valence-electron chi connectivity index (χ2n) is 41.7. The lowest BCUT2D eigenvalue weighted by molar-refractivity contribution is -0.133. The first-order valence-corrected chi connectivity index (χ1v) is 52.7. The van der Waals surface area contributed by atoms with Gasteiger partial charge in [0.15, 0.2) is 52.0 Å². The molecule has 11 aliphatic rings. The molecule has 6 aliphatic heterocycles. The summed E-state index contributed by atoms with van der Waals surface area (Å²) in [5.41, 5.74) is 39.9. The number of pyridine rings is 2. The summed E-state index contributed by atoms with van der Waals surface area (Å²) < 4.78 is 15.4. The van der Waals surface area contributed by atoms with Crippen molar-refractivity contribution in [2.75, 3.05) is 40.3 Å². The first-order chi connectivity index (χ1) is 72.4. The number of aromatic amines is 1. The van der Waals surface area contributed by atoms with Crippen LogP contribution in [0.25, 0.3) is 55.3 Å². The molecule has 34 heteroatoms. The molecule has 12 aromatic rings. The molecule has 7 aromatic carbocycles. The summed E-state index contributed by atoms with van der Waals surface area (Å²) in [6.07, 6.45) is 36.1. The van der Waals surface area contributed by atoms with E-state index < -0.39 is 33.6 Å². The summed E-state index contributed by atoms with van der Waals surface area (Å²) in [5, 5.41) is 6.59. The molecule has 12 N–H and O–H groups in total. The highest BCUT2D eigenvalue weighted by Crippen LogP contribution is 2.56. The molecule has 5 aromatic heterocycles. The first-order valence-electron chi connectivity index (χ1n) is 52.0. The third-order valence-electron chi connectivity index (χ3n) is 31.7. The zero-order valence-electron chi connectivity index (χ0n) is 85.1. The molecule has 7 amide bonds. The van der Waals surface area contributed by atoms with Crippen molar-refractivity contribution in [1.82, 2.24) is 69.2 Å². The van der Waals surface area contributed by atoms with Gasteiger partial charge in [0.2, 0.25) is 11.9 Å². The number of imidazole rings is 1. The van der Waals surface area contributed by atoms with E-state index >= 15 is 0 Å². The van der Waals surface area contributed by atoms with Crippen molar-refractivity contribution in [3.8, 4) is 44.5 Å². The van der Waals surface area contributed by atoms with Gasteiger partial charge in [-0.3, -0.25) is 63.0 Å². The van der Waals surface area contributed by atoms with Crippen LogP contribution < -0.4 is 34.0 Å². The third-order valence-corrected chi connectivity index (χ3v) is 32.1. The maximum atomic E-state index is 13.8. The highest BCUT2D eigenvalue weighted by molar-refractivity contribution is 6.31. The number of guanidine groups is 5. The van der Waals surface area contributed by atoms with Crippen molar-refractivity contribution in [2.24, 2.45) is 96.2 Å². The van der Waals surface area contributed by atoms with Crippen molar-refractivity contribution in [3.05, 3.63) is 305 Å². The number of benzene rings is 7. The fraction of sp³-hybridized carbons (Fsp3) is 0.371. The Hall–Kier alpha value is -15.2. The lowest BCUT2D eigenvalue weighted by Gasteiger charge is -2.35. The van der Waals surface area contributed by atoms with Crippen LogP contribution in [0.2, 0.25) is 10.0 Å². The number of carbonyl (C=O) groups is 7. The van der Waals surface area contributed by atoms with E-state index in [-0.39, 0.29) is 88.5 Å². The zero-order chi connectivity index (χ0) is 105. The van der Waals surface area contributed by atoms with Crippen molar-refractivity contribution in [1.29, 1.82) is 0 Å². The van der Waals surface area contributed by atoms with Crippen LogP contribution in [0.15, 0.2) is 275 Å². The highest BCUT2D eigenvalue weighted by Gasteiger charge is 2.61. The molecule has 7 atom stereocenters. The fourth-order valence-electron chi connectivity index (χ4n) is 22.9. The normalized spacial score (nSPS) is 23.3. The summed E-state index contributed by atoms with van der Waals surface area (Å²) in [5.74, 6) is 2.20. The lowest BCUT2D eigenvalue weighted by Crippen LogP contribution is -2.46. The molecule has 31 nitrogen and oxygen atoms in total. The van der Waals surface area contributed by atoms with Gasteiger partial charge in [-0.05, 0) is 254 Å². The van der Waals surface area contributed by atoms with E-state index in [0.29, 0.717) is 72.2 Å². The van der Waals surface area contributed by atoms with E-state index in [1.54, 1.807) is 60.6 Å². The summed E-state index contributed by atoms with van der Waals surface area (Å²) in [6.45, 7) is 6.29.